The molecule has 0 spiro atoms. The van der Waals surface area contributed by atoms with Crippen LogP contribution in [-0.2, 0) is 19.4 Å². The van der Waals surface area contributed by atoms with E-state index in [1.165, 1.54) is 11.1 Å². The fraction of sp³-hybridized carbons (Fsp3) is 0.278. The Bertz CT molecular complexity index is 766. The molecule has 1 aliphatic heterocycles. The summed E-state index contributed by atoms with van der Waals surface area (Å²) in [4.78, 5) is 4.73. The van der Waals surface area contributed by atoms with Gasteiger partial charge < -0.3 is 9.30 Å². The first-order valence-electron chi connectivity index (χ1n) is 7.54. The molecule has 1 atom stereocenters. The molecule has 4 rings (SSSR count). The molecule has 0 fully saturated rings. The average molecular weight is 278 g/mol. The Morgan fingerprint density at radius 3 is 2.81 bits per heavy atom. The molecule has 0 saturated carbocycles. The van der Waals surface area contributed by atoms with Crippen molar-refractivity contribution in [3.8, 4) is 5.75 Å². The number of para-hydroxylation sites is 3. The van der Waals surface area contributed by atoms with Gasteiger partial charge in [-0.1, -0.05) is 37.3 Å². The number of hydrogen-bond donors (Lipinski definition) is 0. The van der Waals surface area contributed by atoms with Crippen molar-refractivity contribution < 1.29 is 4.74 Å². The molecule has 1 aliphatic rings. The first-order valence-corrected chi connectivity index (χ1v) is 7.54. The van der Waals surface area contributed by atoms with Crippen LogP contribution in [0.15, 0.2) is 48.5 Å². The first kappa shape index (κ1) is 12.5. The van der Waals surface area contributed by atoms with Gasteiger partial charge in [0.25, 0.3) is 0 Å². The highest BCUT2D eigenvalue weighted by Gasteiger charge is 2.24. The lowest BCUT2D eigenvalue weighted by atomic mass is 10.1. The smallest absolute Gasteiger partial charge is 0.123 e. The Morgan fingerprint density at radius 2 is 1.95 bits per heavy atom. The summed E-state index contributed by atoms with van der Waals surface area (Å²) >= 11 is 0. The zero-order chi connectivity index (χ0) is 14.2. The van der Waals surface area contributed by atoms with Crippen molar-refractivity contribution >= 4 is 11.0 Å². The first-order chi connectivity index (χ1) is 10.3. The van der Waals surface area contributed by atoms with Gasteiger partial charge in [0.15, 0.2) is 0 Å². The van der Waals surface area contributed by atoms with E-state index in [9.17, 15) is 0 Å². The number of nitrogens with zero attached hydrogens (tertiary/aromatic N) is 2. The van der Waals surface area contributed by atoms with Gasteiger partial charge >= 0.3 is 0 Å². The molecule has 0 N–H and O–H groups in total. The van der Waals surface area contributed by atoms with Gasteiger partial charge in [0.1, 0.15) is 17.7 Å². The van der Waals surface area contributed by atoms with E-state index in [0.29, 0.717) is 0 Å². The monoisotopic (exact) mass is 278 g/mol. The second-order valence-corrected chi connectivity index (χ2v) is 5.53. The van der Waals surface area contributed by atoms with Crippen molar-refractivity contribution in [1.82, 2.24) is 9.55 Å². The molecular weight excluding hydrogens is 260 g/mol. The molecule has 3 nitrogen and oxygen atoms in total. The molecule has 2 heterocycles. The number of benzene rings is 2. The number of hydrogen-bond acceptors (Lipinski definition) is 2. The third kappa shape index (κ3) is 2.09. The van der Waals surface area contributed by atoms with Crippen LogP contribution in [0, 0.1) is 0 Å². The summed E-state index contributed by atoms with van der Waals surface area (Å²) in [6.45, 7) is 3.01. The zero-order valence-electron chi connectivity index (χ0n) is 12.1. The maximum Gasteiger partial charge on any atom is 0.123 e. The fourth-order valence-corrected chi connectivity index (χ4v) is 3.16. The zero-order valence-corrected chi connectivity index (χ0v) is 12.1. The van der Waals surface area contributed by atoms with Gasteiger partial charge in [0, 0.05) is 12.8 Å². The predicted molar refractivity (Wildman–Crippen MR) is 83.7 cm³/mol. The van der Waals surface area contributed by atoms with Crippen molar-refractivity contribution in [3.05, 3.63) is 59.9 Å². The van der Waals surface area contributed by atoms with E-state index >= 15 is 0 Å². The minimum absolute atomic E-state index is 0.199. The molecule has 0 amide bonds. The molecule has 0 aliphatic carbocycles. The van der Waals surface area contributed by atoms with Crippen LogP contribution < -0.4 is 4.74 Å². The van der Waals surface area contributed by atoms with E-state index in [0.717, 1.165) is 36.5 Å². The summed E-state index contributed by atoms with van der Waals surface area (Å²) in [5.74, 6) is 2.17. The van der Waals surface area contributed by atoms with Crippen molar-refractivity contribution in [2.45, 2.75) is 32.4 Å². The Morgan fingerprint density at radius 1 is 1.14 bits per heavy atom. The maximum absolute atomic E-state index is 6.08. The molecule has 106 valence electrons. The summed E-state index contributed by atoms with van der Waals surface area (Å²) in [6, 6.07) is 16.7. The highest BCUT2D eigenvalue weighted by Crippen LogP contribution is 2.29. The maximum atomic E-state index is 6.08. The highest BCUT2D eigenvalue weighted by molar-refractivity contribution is 5.75. The van der Waals surface area contributed by atoms with Crippen molar-refractivity contribution in [3.63, 3.8) is 0 Å². The SMILES string of the molecule is CCc1nc2ccccc2n1CC1Cc2ccccc2O1. The van der Waals surface area contributed by atoms with Gasteiger partial charge in [-0.3, -0.25) is 0 Å². The van der Waals surface area contributed by atoms with Gasteiger partial charge in [-0.05, 0) is 23.8 Å². The third-order valence-electron chi connectivity index (χ3n) is 4.15. The summed E-state index contributed by atoms with van der Waals surface area (Å²) in [7, 11) is 0. The minimum Gasteiger partial charge on any atom is -0.488 e. The molecule has 3 aromatic rings. The Balaban J connectivity index is 1.66. The molecule has 0 radical (unpaired) electrons. The van der Waals surface area contributed by atoms with Crippen LogP contribution in [0.3, 0.4) is 0 Å². The Labute approximate surface area is 124 Å². The van der Waals surface area contributed by atoms with Gasteiger partial charge in [-0.25, -0.2) is 4.98 Å². The van der Waals surface area contributed by atoms with Gasteiger partial charge in [0.05, 0.1) is 17.6 Å². The van der Waals surface area contributed by atoms with Crippen molar-refractivity contribution in [1.29, 1.82) is 0 Å². The van der Waals surface area contributed by atoms with Gasteiger partial charge in [-0.2, -0.15) is 0 Å². The van der Waals surface area contributed by atoms with Crippen LogP contribution in [-0.4, -0.2) is 15.7 Å². The number of aryl methyl sites for hydroxylation is 1. The highest BCUT2D eigenvalue weighted by atomic mass is 16.5. The summed E-state index contributed by atoms with van der Waals surface area (Å²) < 4.78 is 8.39. The van der Waals surface area contributed by atoms with Gasteiger partial charge in [0.2, 0.25) is 0 Å². The Kier molecular flexibility index (Phi) is 2.92. The fourth-order valence-electron chi connectivity index (χ4n) is 3.16. The number of fused-ring (bicyclic) bond motifs is 2. The average Bonchev–Trinajstić information content (AvgIpc) is 3.08. The van der Waals surface area contributed by atoms with E-state index in [2.05, 4.69) is 47.9 Å². The van der Waals surface area contributed by atoms with Crippen LogP contribution in [0.25, 0.3) is 11.0 Å². The standard InChI is InChI=1S/C18H18N2O/c1-2-18-19-15-8-4-5-9-16(15)20(18)12-14-11-13-7-3-6-10-17(13)21-14/h3-10,14H,2,11-12H2,1H3. The van der Waals surface area contributed by atoms with E-state index in [1.807, 2.05) is 12.1 Å². The molecule has 1 unspecified atom stereocenters. The summed E-state index contributed by atoms with van der Waals surface area (Å²) in [6.07, 6.45) is 2.12. The molecular formula is C18H18N2O. The molecule has 3 heteroatoms. The number of imidazole rings is 1. The molecule has 0 saturated heterocycles. The lowest BCUT2D eigenvalue weighted by molar-refractivity contribution is 0.209. The topological polar surface area (TPSA) is 27.1 Å². The predicted octanol–water partition coefficient (Wildman–Crippen LogP) is 3.60. The largest absolute Gasteiger partial charge is 0.488 e. The number of aromatic nitrogens is 2. The summed E-state index contributed by atoms with van der Waals surface area (Å²) in [5, 5.41) is 0. The van der Waals surface area contributed by atoms with Crippen LogP contribution in [0.2, 0.25) is 0 Å². The lowest BCUT2D eigenvalue weighted by Crippen LogP contribution is -2.22. The molecule has 2 aromatic carbocycles. The molecule has 0 bridgehead atoms. The minimum atomic E-state index is 0.199. The van der Waals surface area contributed by atoms with Crippen LogP contribution in [0.5, 0.6) is 5.75 Å². The second kappa shape index (κ2) is 4.92. The van der Waals surface area contributed by atoms with Crippen LogP contribution in [0.4, 0.5) is 0 Å². The summed E-state index contributed by atoms with van der Waals surface area (Å²) in [5.41, 5.74) is 3.59. The van der Waals surface area contributed by atoms with E-state index in [4.69, 9.17) is 9.72 Å². The Hall–Kier alpha value is -2.29. The lowest BCUT2D eigenvalue weighted by Gasteiger charge is -2.14. The van der Waals surface area contributed by atoms with E-state index in [1.54, 1.807) is 0 Å². The number of ether oxygens (including phenoxy) is 1. The normalized spacial score (nSPS) is 16.9. The number of rotatable bonds is 3. The van der Waals surface area contributed by atoms with Crippen molar-refractivity contribution in [2.24, 2.45) is 0 Å². The van der Waals surface area contributed by atoms with Crippen molar-refractivity contribution in [2.75, 3.05) is 0 Å². The second-order valence-electron chi connectivity index (χ2n) is 5.53. The molecule has 1 aromatic heterocycles. The third-order valence-corrected chi connectivity index (χ3v) is 4.15. The van der Waals surface area contributed by atoms with E-state index in [-0.39, 0.29) is 6.10 Å². The van der Waals surface area contributed by atoms with Gasteiger partial charge in [-0.15, -0.1) is 0 Å². The quantitative estimate of drug-likeness (QED) is 0.732. The van der Waals surface area contributed by atoms with Crippen LogP contribution >= 0.6 is 0 Å². The van der Waals surface area contributed by atoms with Crippen LogP contribution in [0.1, 0.15) is 18.3 Å². The molecule has 21 heavy (non-hydrogen) atoms. The van der Waals surface area contributed by atoms with E-state index < -0.39 is 0 Å².